The molecule has 116 valence electrons. The van der Waals surface area contributed by atoms with Gasteiger partial charge in [-0.3, -0.25) is 4.79 Å². The van der Waals surface area contributed by atoms with Gasteiger partial charge in [-0.05, 0) is 30.2 Å². The summed E-state index contributed by atoms with van der Waals surface area (Å²) in [6.45, 7) is 12.6. The summed E-state index contributed by atoms with van der Waals surface area (Å²) in [6.07, 6.45) is 0. The van der Waals surface area contributed by atoms with Crippen LogP contribution in [0.25, 0.3) is 0 Å². The number of anilines is 1. The molecule has 4 nitrogen and oxygen atoms in total. The van der Waals surface area contributed by atoms with Crippen molar-refractivity contribution in [1.29, 1.82) is 0 Å². The molecule has 1 aromatic rings. The van der Waals surface area contributed by atoms with Crippen LogP contribution in [0.3, 0.4) is 0 Å². The number of amides is 1. The Balaban J connectivity index is 1.99. The van der Waals surface area contributed by atoms with Gasteiger partial charge in [0.05, 0.1) is 0 Å². The van der Waals surface area contributed by atoms with E-state index in [9.17, 15) is 4.79 Å². The van der Waals surface area contributed by atoms with Crippen LogP contribution in [0.15, 0.2) is 18.2 Å². The van der Waals surface area contributed by atoms with Gasteiger partial charge in [-0.2, -0.15) is 0 Å². The maximum absolute atomic E-state index is 11.4. The van der Waals surface area contributed by atoms with Gasteiger partial charge in [0.25, 0.3) is 0 Å². The van der Waals surface area contributed by atoms with E-state index in [0.29, 0.717) is 6.04 Å². The molecule has 0 unspecified atom stereocenters. The zero-order valence-electron chi connectivity index (χ0n) is 13.6. The van der Waals surface area contributed by atoms with Gasteiger partial charge in [-0.1, -0.05) is 19.9 Å². The molecule has 0 radical (unpaired) electrons. The molecule has 1 aliphatic rings. The van der Waals surface area contributed by atoms with Crippen LogP contribution in [0.5, 0.6) is 0 Å². The minimum Gasteiger partial charge on any atom is -0.368 e. The van der Waals surface area contributed by atoms with E-state index in [1.807, 2.05) is 4.90 Å². The summed E-state index contributed by atoms with van der Waals surface area (Å²) >= 11 is 0. The predicted octanol–water partition coefficient (Wildman–Crippen LogP) is 2.16. The van der Waals surface area contributed by atoms with Crippen LogP contribution in [0, 0.1) is 6.92 Å². The summed E-state index contributed by atoms with van der Waals surface area (Å²) in [7, 11) is 0. The minimum absolute atomic E-state index is 0.181. The SMILES string of the molecule is CC(=O)N1CCN(c2ccc(CNC(C)C)c(C)c2)CC1. The number of benzene rings is 1. The van der Waals surface area contributed by atoms with Crippen LogP contribution in [-0.4, -0.2) is 43.0 Å². The summed E-state index contributed by atoms with van der Waals surface area (Å²) in [4.78, 5) is 15.7. The van der Waals surface area contributed by atoms with Crippen molar-refractivity contribution in [2.24, 2.45) is 0 Å². The van der Waals surface area contributed by atoms with Gasteiger partial charge in [0.15, 0.2) is 0 Å². The standard InChI is InChI=1S/C17H27N3O/c1-13(2)18-12-16-5-6-17(11-14(16)3)20-9-7-19(8-10-20)15(4)21/h5-6,11,13,18H,7-10,12H2,1-4H3. The second kappa shape index (κ2) is 6.94. The highest BCUT2D eigenvalue weighted by atomic mass is 16.2. The van der Waals surface area contributed by atoms with Crippen molar-refractivity contribution < 1.29 is 4.79 Å². The summed E-state index contributed by atoms with van der Waals surface area (Å²) < 4.78 is 0. The number of piperazine rings is 1. The molecular weight excluding hydrogens is 262 g/mol. The molecule has 2 rings (SSSR count). The van der Waals surface area contributed by atoms with Crippen molar-refractivity contribution in [3.63, 3.8) is 0 Å². The molecule has 1 N–H and O–H groups in total. The lowest BCUT2D eigenvalue weighted by molar-refractivity contribution is -0.129. The van der Waals surface area contributed by atoms with E-state index in [-0.39, 0.29) is 5.91 Å². The Bertz CT molecular complexity index is 491. The van der Waals surface area contributed by atoms with E-state index in [4.69, 9.17) is 0 Å². The van der Waals surface area contributed by atoms with Crippen molar-refractivity contribution in [2.75, 3.05) is 31.1 Å². The fraction of sp³-hybridized carbons (Fsp3) is 0.588. The average molecular weight is 289 g/mol. The van der Waals surface area contributed by atoms with Crippen LogP contribution in [0.2, 0.25) is 0 Å². The number of carbonyl (C=O) groups excluding carboxylic acids is 1. The van der Waals surface area contributed by atoms with Crippen molar-refractivity contribution >= 4 is 11.6 Å². The molecule has 1 saturated heterocycles. The minimum atomic E-state index is 0.181. The fourth-order valence-electron chi connectivity index (χ4n) is 2.67. The molecule has 1 aromatic carbocycles. The van der Waals surface area contributed by atoms with Gasteiger partial charge in [-0.15, -0.1) is 0 Å². The van der Waals surface area contributed by atoms with Gasteiger partial charge in [0.1, 0.15) is 0 Å². The molecule has 1 aliphatic heterocycles. The normalized spacial score (nSPS) is 15.7. The van der Waals surface area contributed by atoms with Crippen LogP contribution >= 0.6 is 0 Å². The molecule has 0 aliphatic carbocycles. The highest BCUT2D eigenvalue weighted by Crippen LogP contribution is 2.21. The number of hydrogen-bond acceptors (Lipinski definition) is 3. The number of nitrogens with one attached hydrogen (secondary N) is 1. The number of nitrogens with zero attached hydrogens (tertiary/aromatic N) is 2. The molecule has 0 spiro atoms. The smallest absolute Gasteiger partial charge is 0.219 e. The first-order valence-corrected chi connectivity index (χ1v) is 7.80. The highest BCUT2D eigenvalue weighted by Gasteiger charge is 2.19. The third kappa shape index (κ3) is 4.21. The lowest BCUT2D eigenvalue weighted by Gasteiger charge is -2.36. The Morgan fingerprint density at radius 3 is 2.43 bits per heavy atom. The number of carbonyl (C=O) groups is 1. The van der Waals surface area contributed by atoms with E-state index < -0.39 is 0 Å². The largest absolute Gasteiger partial charge is 0.368 e. The molecule has 0 aromatic heterocycles. The van der Waals surface area contributed by atoms with Crippen molar-refractivity contribution in [3.05, 3.63) is 29.3 Å². The van der Waals surface area contributed by atoms with E-state index >= 15 is 0 Å². The van der Waals surface area contributed by atoms with Gasteiger partial charge in [-0.25, -0.2) is 0 Å². The monoisotopic (exact) mass is 289 g/mol. The maximum Gasteiger partial charge on any atom is 0.219 e. The third-order valence-corrected chi connectivity index (χ3v) is 4.12. The summed E-state index contributed by atoms with van der Waals surface area (Å²) in [6, 6.07) is 7.19. The molecular formula is C17H27N3O. The summed E-state index contributed by atoms with van der Waals surface area (Å²) in [5.41, 5.74) is 3.95. The van der Waals surface area contributed by atoms with Crippen LogP contribution in [0.4, 0.5) is 5.69 Å². The zero-order chi connectivity index (χ0) is 15.4. The van der Waals surface area contributed by atoms with Crippen molar-refractivity contribution in [3.8, 4) is 0 Å². The molecule has 21 heavy (non-hydrogen) atoms. The first-order chi connectivity index (χ1) is 9.97. The Morgan fingerprint density at radius 2 is 1.90 bits per heavy atom. The van der Waals surface area contributed by atoms with E-state index in [0.717, 1.165) is 32.7 Å². The maximum atomic E-state index is 11.4. The summed E-state index contributed by atoms with van der Waals surface area (Å²) in [5.74, 6) is 0.181. The van der Waals surface area contributed by atoms with Crippen molar-refractivity contribution in [2.45, 2.75) is 40.3 Å². The predicted molar refractivity (Wildman–Crippen MR) is 87.6 cm³/mol. The Labute approximate surface area is 128 Å². The van der Waals surface area contributed by atoms with Gasteiger partial charge >= 0.3 is 0 Å². The molecule has 1 heterocycles. The second-order valence-corrected chi connectivity index (χ2v) is 6.14. The molecule has 1 fully saturated rings. The Kier molecular flexibility index (Phi) is 5.23. The highest BCUT2D eigenvalue weighted by molar-refractivity contribution is 5.73. The fourth-order valence-corrected chi connectivity index (χ4v) is 2.67. The average Bonchev–Trinajstić information content (AvgIpc) is 2.46. The first kappa shape index (κ1) is 15.8. The molecule has 0 bridgehead atoms. The quantitative estimate of drug-likeness (QED) is 0.922. The molecule has 4 heteroatoms. The van der Waals surface area contributed by atoms with E-state index in [1.165, 1.54) is 16.8 Å². The Hall–Kier alpha value is -1.55. The van der Waals surface area contributed by atoms with E-state index in [2.05, 4.69) is 49.2 Å². The van der Waals surface area contributed by atoms with Gasteiger partial charge in [0, 0.05) is 51.4 Å². The number of rotatable bonds is 4. The molecule has 0 atom stereocenters. The number of aryl methyl sites for hydroxylation is 1. The van der Waals surface area contributed by atoms with Crippen molar-refractivity contribution in [1.82, 2.24) is 10.2 Å². The Morgan fingerprint density at radius 1 is 1.24 bits per heavy atom. The molecule has 0 saturated carbocycles. The topological polar surface area (TPSA) is 35.6 Å². The van der Waals surface area contributed by atoms with Gasteiger partial charge < -0.3 is 15.1 Å². The third-order valence-electron chi connectivity index (χ3n) is 4.12. The second-order valence-electron chi connectivity index (χ2n) is 6.14. The van der Waals surface area contributed by atoms with Crippen LogP contribution in [-0.2, 0) is 11.3 Å². The van der Waals surface area contributed by atoms with Crippen LogP contribution < -0.4 is 10.2 Å². The zero-order valence-corrected chi connectivity index (χ0v) is 13.6. The van der Waals surface area contributed by atoms with E-state index in [1.54, 1.807) is 6.92 Å². The first-order valence-electron chi connectivity index (χ1n) is 7.80. The number of hydrogen-bond donors (Lipinski definition) is 1. The lowest BCUT2D eigenvalue weighted by atomic mass is 10.1. The lowest BCUT2D eigenvalue weighted by Crippen LogP contribution is -2.48. The molecule has 1 amide bonds. The van der Waals surface area contributed by atoms with Gasteiger partial charge in [0.2, 0.25) is 5.91 Å². The summed E-state index contributed by atoms with van der Waals surface area (Å²) in [5, 5.41) is 3.46. The van der Waals surface area contributed by atoms with Crippen LogP contribution in [0.1, 0.15) is 31.9 Å².